The summed E-state index contributed by atoms with van der Waals surface area (Å²) in [5.41, 5.74) is -7.49. The molecule has 11 fully saturated rings. The molecule has 7 atom stereocenters. The van der Waals surface area contributed by atoms with Crippen molar-refractivity contribution < 1.29 is 76.9 Å². The molecule has 16 heteroatoms. The minimum atomic E-state index is -0.860. The average Bonchev–Trinajstić information content (AvgIpc) is 1.44. The fourth-order valence-corrected chi connectivity index (χ4v) is 16.4. The van der Waals surface area contributed by atoms with E-state index in [4.69, 9.17) is 33.2 Å². The molecular formula is C75H134O16. The molecule has 2 N–H and O–H groups in total. The minimum absolute atomic E-state index is 0. The van der Waals surface area contributed by atoms with Gasteiger partial charge in [0.05, 0.1) is 45.7 Å². The highest BCUT2D eigenvalue weighted by Gasteiger charge is 2.68. The third-order valence-electron chi connectivity index (χ3n) is 22.1. The van der Waals surface area contributed by atoms with Crippen molar-refractivity contribution in [1.29, 1.82) is 0 Å². The van der Waals surface area contributed by atoms with Gasteiger partial charge >= 0.3 is 41.8 Å². The van der Waals surface area contributed by atoms with Crippen LogP contribution in [0.4, 0.5) is 0 Å². The Morgan fingerprint density at radius 1 is 0.429 bits per heavy atom. The quantitative estimate of drug-likeness (QED) is 0.102. The first-order valence-corrected chi connectivity index (χ1v) is 33.7. The first-order chi connectivity index (χ1) is 39.7. The number of esters is 7. The molecule has 10 bridgehead atoms. The van der Waals surface area contributed by atoms with Crippen molar-refractivity contribution in [2.45, 2.75) is 379 Å². The van der Waals surface area contributed by atoms with Crippen LogP contribution in [-0.4, -0.2) is 102 Å². The molecule has 0 radical (unpaired) electrons. The fraction of sp³-hybridized carbons (Fsp3) is 0.907. The maximum absolute atomic E-state index is 12.9. The van der Waals surface area contributed by atoms with E-state index in [0.29, 0.717) is 56.3 Å². The van der Waals surface area contributed by atoms with Crippen molar-refractivity contribution in [3.63, 3.8) is 0 Å². The van der Waals surface area contributed by atoms with Crippen LogP contribution in [0.3, 0.4) is 0 Å². The standard InChI is InChI=1S/C24H38O6.C21H34O4.C16H26O4.C10H20O2.4CH4/c1-8-22(6,7)20(27)30-23-11-16-9-17(12-23)24(28-15(2)25,18(10-16)13-23)14-19(26)29-21(3,4)5;1-5-19(2,3)18(23)25-21(13-15-8-9-16(21)12-15)14-17(22)24-20(4)10-6-7-11-20;1-4-13(2,3)12(17)20-16-7-11-5-14(18,9-16)8-15(19,6-11)10-16;1-7-10(5,6)8(11)12-9(2,3)4;;;;/h16-18H,8-14H2,1-7H3;15-16H,5-14H2,1-4H3;11,18-19H,4-10H2,1-3H3;7H2,1-6H3;4*1H4. The summed E-state index contributed by atoms with van der Waals surface area (Å²) in [5.74, 6) is 0.0934. The highest BCUT2D eigenvalue weighted by atomic mass is 16.6. The molecule has 16 nitrogen and oxygen atoms in total. The van der Waals surface area contributed by atoms with Gasteiger partial charge in [-0.25, -0.2) is 0 Å². The maximum atomic E-state index is 12.9. The summed E-state index contributed by atoms with van der Waals surface area (Å²) >= 11 is 0. The van der Waals surface area contributed by atoms with E-state index in [2.05, 4.69) is 0 Å². The summed E-state index contributed by atoms with van der Waals surface area (Å²) in [6.45, 7) is 37.8. The van der Waals surface area contributed by atoms with Crippen molar-refractivity contribution >= 4 is 41.8 Å². The van der Waals surface area contributed by atoms with Crippen LogP contribution in [0.5, 0.6) is 0 Å². The third-order valence-corrected chi connectivity index (χ3v) is 22.1. The normalized spacial score (nSPS) is 32.7. The summed E-state index contributed by atoms with van der Waals surface area (Å²) in [7, 11) is 0. The SMILES string of the molecule is C.C.C.C.CCC(C)(C)C(=O)OC(C)(C)C.CCC(C)(C)C(=O)OC1(CC(=O)OC2(C)CCCC2)CC2CCC1C2.CCC(C)(C)C(=O)OC12CC3CC(C1)C(CC(=O)OC(C)(C)C)(OC(C)=O)C(C3)C2.CCC(C)(C)C(=O)OC12CC3CC(O)(CC(O)(C3)C1)C2. The number of hydrogen-bond acceptors (Lipinski definition) is 16. The Morgan fingerprint density at radius 2 is 0.846 bits per heavy atom. The van der Waals surface area contributed by atoms with Gasteiger partial charge < -0.3 is 43.4 Å². The monoisotopic (exact) mass is 1290 g/mol. The van der Waals surface area contributed by atoms with E-state index in [1.54, 1.807) is 0 Å². The lowest BCUT2D eigenvalue weighted by Gasteiger charge is -2.63. The lowest BCUT2D eigenvalue weighted by atomic mass is 9.47. The van der Waals surface area contributed by atoms with E-state index in [1.807, 2.05) is 132 Å². The van der Waals surface area contributed by atoms with Crippen LogP contribution in [0.25, 0.3) is 0 Å². The Labute approximate surface area is 552 Å². The van der Waals surface area contributed by atoms with E-state index >= 15 is 0 Å². The molecule has 0 saturated heterocycles. The van der Waals surface area contributed by atoms with Crippen LogP contribution >= 0.6 is 0 Å². The second-order valence-corrected chi connectivity index (χ2v) is 34.1. The summed E-state index contributed by atoms with van der Waals surface area (Å²) in [5, 5.41) is 21.3. The molecule has 11 rings (SSSR count). The number of hydrogen-bond donors (Lipinski definition) is 2. The first-order valence-electron chi connectivity index (χ1n) is 33.7. The van der Waals surface area contributed by atoms with Gasteiger partial charge in [0.2, 0.25) is 0 Å². The first kappa shape index (κ1) is 83.3. The van der Waals surface area contributed by atoms with Crippen molar-refractivity contribution in [2.75, 3.05) is 0 Å². The van der Waals surface area contributed by atoms with Crippen LogP contribution in [0.1, 0.15) is 329 Å². The van der Waals surface area contributed by atoms with Crippen molar-refractivity contribution in [3.8, 4) is 0 Å². The second kappa shape index (κ2) is 29.7. The van der Waals surface area contributed by atoms with E-state index in [9.17, 15) is 43.8 Å². The Hall–Kier alpha value is -3.79. The van der Waals surface area contributed by atoms with Crippen molar-refractivity contribution in [3.05, 3.63) is 0 Å². The summed E-state index contributed by atoms with van der Waals surface area (Å²) in [6, 6.07) is 0. The molecule has 0 heterocycles. The Bertz CT molecular complexity index is 2470. The Kier molecular flexibility index (Phi) is 27.2. The van der Waals surface area contributed by atoms with Gasteiger partial charge in [0.15, 0.2) is 0 Å². The van der Waals surface area contributed by atoms with Gasteiger partial charge in [0.25, 0.3) is 0 Å². The predicted octanol–water partition coefficient (Wildman–Crippen LogP) is 16.8. The molecule has 0 spiro atoms. The van der Waals surface area contributed by atoms with Gasteiger partial charge in [0.1, 0.15) is 39.2 Å². The summed E-state index contributed by atoms with van der Waals surface area (Å²) in [6.07, 6.45) is 19.2. The van der Waals surface area contributed by atoms with Crippen molar-refractivity contribution in [2.24, 2.45) is 57.2 Å². The van der Waals surface area contributed by atoms with Crippen LogP contribution in [0, 0.1) is 57.2 Å². The van der Waals surface area contributed by atoms with Crippen LogP contribution < -0.4 is 0 Å². The number of ether oxygens (including phenoxy) is 7. The lowest BCUT2D eigenvalue weighted by molar-refractivity contribution is -0.264. The molecule has 91 heavy (non-hydrogen) atoms. The van der Waals surface area contributed by atoms with Crippen molar-refractivity contribution in [1.82, 2.24) is 0 Å². The van der Waals surface area contributed by atoms with Crippen LogP contribution in [-0.2, 0) is 66.7 Å². The smallest absolute Gasteiger partial charge is 0.312 e. The molecule has 7 unspecified atom stereocenters. The predicted molar refractivity (Wildman–Crippen MR) is 358 cm³/mol. The third kappa shape index (κ3) is 20.1. The highest BCUT2D eigenvalue weighted by Crippen LogP contribution is 2.64. The summed E-state index contributed by atoms with van der Waals surface area (Å²) < 4.78 is 40.8. The van der Waals surface area contributed by atoms with Gasteiger partial charge in [-0.3, -0.25) is 33.6 Å². The van der Waals surface area contributed by atoms with E-state index in [0.717, 1.165) is 103 Å². The molecule has 11 saturated carbocycles. The zero-order valence-electron chi connectivity index (χ0n) is 57.8. The molecule has 0 aromatic heterocycles. The van der Waals surface area contributed by atoms with E-state index in [1.165, 1.54) is 13.3 Å². The largest absolute Gasteiger partial charge is 0.460 e. The van der Waals surface area contributed by atoms with Gasteiger partial charge in [-0.1, -0.05) is 57.4 Å². The topological polar surface area (TPSA) is 225 Å². The Balaban J connectivity index is 0.000000424. The minimum Gasteiger partial charge on any atom is -0.460 e. The zero-order valence-corrected chi connectivity index (χ0v) is 57.8. The number of rotatable bonds is 17. The molecule has 0 aromatic rings. The maximum Gasteiger partial charge on any atom is 0.312 e. The Morgan fingerprint density at radius 3 is 1.24 bits per heavy atom. The van der Waals surface area contributed by atoms with Gasteiger partial charge in [0, 0.05) is 38.0 Å². The lowest BCUT2D eigenvalue weighted by Crippen LogP contribution is -2.67. The number of carbonyl (C=O) groups excluding carboxylic acids is 7. The summed E-state index contributed by atoms with van der Waals surface area (Å²) in [4.78, 5) is 87.1. The molecule has 0 aromatic carbocycles. The molecule has 0 aliphatic heterocycles. The molecule has 11 aliphatic carbocycles. The molecule has 11 aliphatic rings. The molecular weight excluding hydrogens is 1160 g/mol. The van der Waals surface area contributed by atoms with Gasteiger partial charge in [-0.15, -0.1) is 0 Å². The fourth-order valence-electron chi connectivity index (χ4n) is 16.4. The average molecular weight is 1290 g/mol. The number of carbonyl (C=O) groups is 7. The zero-order chi connectivity index (χ0) is 65.6. The van der Waals surface area contributed by atoms with Crippen LogP contribution in [0.15, 0.2) is 0 Å². The van der Waals surface area contributed by atoms with Gasteiger partial charge in [-0.2, -0.15) is 0 Å². The second-order valence-electron chi connectivity index (χ2n) is 34.1. The van der Waals surface area contributed by atoms with Crippen LogP contribution in [0.2, 0.25) is 0 Å². The highest BCUT2D eigenvalue weighted by molar-refractivity contribution is 5.79. The number of fused-ring (bicyclic) bond motifs is 2. The molecule has 0 amide bonds. The number of aliphatic hydroxyl groups is 2. The van der Waals surface area contributed by atoms with E-state index in [-0.39, 0.29) is 119 Å². The van der Waals surface area contributed by atoms with E-state index < -0.39 is 55.5 Å². The van der Waals surface area contributed by atoms with Gasteiger partial charge in [-0.05, 0) is 256 Å². The molecule has 530 valence electrons.